The molecule has 4 aromatic rings. The number of H-pyrrole nitrogens is 1. The van der Waals surface area contributed by atoms with E-state index in [4.69, 9.17) is 27.9 Å². The summed E-state index contributed by atoms with van der Waals surface area (Å²) in [6.45, 7) is 0. The van der Waals surface area contributed by atoms with Crippen molar-refractivity contribution >= 4 is 46.1 Å². The molecule has 3 nitrogen and oxygen atoms in total. The van der Waals surface area contributed by atoms with Crippen molar-refractivity contribution in [3.8, 4) is 17.0 Å². The van der Waals surface area contributed by atoms with Gasteiger partial charge in [0.1, 0.15) is 11.6 Å². The number of imidazole rings is 1. The second kappa shape index (κ2) is 7.47. The van der Waals surface area contributed by atoms with Crippen LogP contribution in [-0.4, -0.2) is 17.1 Å². The highest BCUT2D eigenvalue weighted by molar-refractivity contribution is 6.36. The summed E-state index contributed by atoms with van der Waals surface area (Å²) in [7, 11) is 1.67. The molecular formula is C22H16Cl2N2O. The average molecular weight is 395 g/mol. The lowest BCUT2D eigenvalue weighted by Crippen LogP contribution is -1.83. The van der Waals surface area contributed by atoms with Crippen LogP contribution in [0, 0.1) is 0 Å². The maximum Gasteiger partial charge on any atom is 0.130 e. The van der Waals surface area contributed by atoms with Gasteiger partial charge in [-0.3, -0.25) is 0 Å². The molecule has 0 aliphatic carbocycles. The summed E-state index contributed by atoms with van der Waals surface area (Å²) in [6.07, 6.45) is 5.80. The number of aromatic nitrogens is 2. The van der Waals surface area contributed by atoms with Crippen LogP contribution >= 0.6 is 23.2 Å². The number of methoxy groups -OCH3 is 1. The fourth-order valence-corrected chi connectivity index (χ4v) is 3.41. The van der Waals surface area contributed by atoms with Crippen LogP contribution in [0.2, 0.25) is 10.0 Å². The molecule has 0 atom stereocenters. The van der Waals surface area contributed by atoms with E-state index in [0.717, 1.165) is 39.2 Å². The highest BCUT2D eigenvalue weighted by Crippen LogP contribution is 2.29. The second-order valence-corrected chi connectivity index (χ2v) is 6.94. The van der Waals surface area contributed by atoms with Crippen LogP contribution in [0.25, 0.3) is 34.2 Å². The summed E-state index contributed by atoms with van der Waals surface area (Å²) >= 11 is 12.2. The SMILES string of the molecule is COc1ccc2cc(/C=C/c3nc(-c4ccc(Cl)cc4Cl)c[nH]3)ccc2c1. The van der Waals surface area contributed by atoms with E-state index in [1.54, 1.807) is 19.2 Å². The number of hydrogen-bond donors (Lipinski definition) is 1. The monoisotopic (exact) mass is 394 g/mol. The molecule has 0 bridgehead atoms. The van der Waals surface area contributed by atoms with Crippen molar-refractivity contribution in [2.24, 2.45) is 0 Å². The van der Waals surface area contributed by atoms with Crippen LogP contribution in [0.4, 0.5) is 0 Å². The van der Waals surface area contributed by atoms with Crippen LogP contribution in [0.15, 0.2) is 60.8 Å². The third-order valence-corrected chi connectivity index (χ3v) is 4.86. The van der Waals surface area contributed by atoms with Crippen LogP contribution < -0.4 is 4.74 Å². The van der Waals surface area contributed by atoms with E-state index in [9.17, 15) is 0 Å². The Morgan fingerprint density at radius 1 is 0.926 bits per heavy atom. The Balaban J connectivity index is 1.58. The van der Waals surface area contributed by atoms with Gasteiger partial charge in [0, 0.05) is 16.8 Å². The molecule has 0 radical (unpaired) electrons. The van der Waals surface area contributed by atoms with Gasteiger partial charge in [0.05, 0.1) is 17.8 Å². The number of benzene rings is 3. The minimum atomic E-state index is 0.578. The van der Waals surface area contributed by atoms with Crippen molar-refractivity contribution in [2.45, 2.75) is 0 Å². The first kappa shape index (κ1) is 17.7. The first-order chi connectivity index (χ1) is 13.1. The normalized spacial score (nSPS) is 11.4. The third-order valence-electron chi connectivity index (χ3n) is 4.31. The van der Waals surface area contributed by atoms with Gasteiger partial charge in [-0.15, -0.1) is 0 Å². The number of fused-ring (bicyclic) bond motifs is 1. The Kier molecular flexibility index (Phi) is 4.88. The van der Waals surface area contributed by atoms with Crippen LogP contribution in [0.1, 0.15) is 11.4 Å². The zero-order valence-electron chi connectivity index (χ0n) is 14.5. The number of nitrogens with one attached hydrogen (secondary N) is 1. The molecule has 5 heteroatoms. The molecule has 134 valence electrons. The van der Waals surface area contributed by atoms with Crippen molar-refractivity contribution in [2.75, 3.05) is 7.11 Å². The molecule has 27 heavy (non-hydrogen) atoms. The highest BCUT2D eigenvalue weighted by atomic mass is 35.5. The fourth-order valence-electron chi connectivity index (χ4n) is 2.91. The molecule has 1 heterocycles. The quantitative estimate of drug-likeness (QED) is 0.417. The van der Waals surface area contributed by atoms with Gasteiger partial charge in [0.25, 0.3) is 0 Å². The summed E-state index contributed by atoms with van der Waals surface area (Å²) < 4.78 is 5.27. The van der Waals surface area contributed by atoms with E-state index in [0.29, 0.717) is 10.0 Å². The van der Waals surface area contributed by atoms with E-state index < -0.39 is 0 Å². The predicted molar refractivity (Wildman–Crippen MR) is 113 cm³/mol. The van der Waals surface area contributed by atoms with Crippen LogP contribution in [-0.2, 0) is 0 Å². The molecule has 0 saturated heterocycles. The Labute approximate surface area is 167 Å². The fraction of sp³-hybridized carbons (Fsp3) is 0.0455. The van der Waals surface area contributed by atoms with Gasteiger partial charge in [-0.1, -0.05) is 47.5 Å². The van der Waals surface area contributed by atoms with Gasteiger partial charge in [-0.2, -0.15) is 0 Å². The molecule has 0 unspecified atom stereocenters. The zero-order chi connectivity index (χ0) is 18.8. The first-order valence-corrected chi connectivity index (χ1v) is 9.15. The Morgan fingerprint density at radius 3 is 2.56 bits per heavy atom. The number of ether oxygens (including phenoxy) is 1. The molecule has 0 spiro atoms. The zero-order valence-corrected chi connectivity index (χ0v) is 16.1. The Morgan fingerprint density at radius 2 is 1.74 bits per heavy atom. The number of halogens is 2. The summed E-state index contributed by atoms with van der Waals surface area (Å²) in [6, 6.07) is 17.7. The number of nitrogens with zero attached hydrogens (tertiary/aromatic N) is 1. The van der Waals surface area contributed by atoms with Crippen molar-refractivity contribution < 1.29 is 4.74 Å². The maximum atomic E-state index is 6.26. The minimum Gasteiger partial charge on any atom is -0.497 e. The van der Waals surface area contributed by atoms with Crippen molar-refractivity contribution in [1.29, 1.82) is 0 Å². The van der Waals surface area contributed by atoms with E-state index in [2.05, 4.69) is 34.2 Å². The van der Waals surface area contributed by atoms with Crippen molar-refractivity contribution in [1.82, 2.24) is 9.97 Å². The maximum absolute atomic E-state index is 6.26. The van der Waals surface area contributed by atoms with E-state index in [1.807, 2.05) is 36.5 Å². The Hall–Kier alpha value is -2.75. The molecule has 1 N–H and O–H groups in total. The molecule has 0 aliphatic heterocycles. The largest absolute Gasteiger partial charge is 0.497 e. The molecular weight excluding hydrogens is 379 g/mol. The number of aromatic amines is 1. The predicted octanol–water partition coefficient (Wildman–Crippen LogP) is 6.72. The molecule has 0 aliphatic rings. The molecule has 3 aromatic carbocycles. The molecule has 1 aromatic heterocycles. The van der Waals surface area contributed by atoms with Gasteiger partial charge in [-0.25, -0.2) is 4.98 Å². The van der Waals surface area contributed by atoms with E-state index in [-0.39, 0.29) is 0 Å². The lowest BCUT2D eigenvalue weighted by Gasteiger charge is -2.03. The van der Waals surface area contributed by atoms with E-state index >= 15 is 0 Å². The lowest BCUT2D eigenvalue weighted by molar-refractivity contribution is 0.415. The minimum absolute atomic E-state index is 0.578. The van der Waals surface area contributed by atoms with Crippen molar-refractivity contribution in [3.63, 3.8) is 0 Å². The van der Waals surface area contributed by atoms with Crippen LogP contribution in [0.3, 0.4) is 0 Å². The van der Waals surface area contributed by atoms with Gasteiger partial charge >= 0.3 is 0 Å². The van der Waals surface area contributed by atoms with Gasteiger partial charge in [0.2, 0.25) is 0 Å². The summed E-state index contributed by atoms with van der Waals surface area (Å²) in [5, 5.41) is 3.48. The van der Waals surface area contributed by atoms with Gasteiger partial charge in [0.15, 0.2) is 0 Å². The molecule has 0 fully saturated rings. The smallest absolute Gasteiger partial charge is 0.130 e. The topological polar surface area (TPSA) is 37.9 Å². The molecule has 4 rings (SSSR count). The summed E-state index contributed by atoms with van der Waals surface area (Å²) in [5.74, 6) is 1.61. The van der Waals surface area contributed by atoms with Crippen molar-refractivity contribution in [3.05, 3.63) is 82.2 Å². The van der Waals surface area contributed by atoms with Gasteiger partial charge in [-0.05, 0) is 58.8 Å². The van der Waals surface area contributed by atoms with Gasteiger partial charge < -0.3 is 9.72 Å². The lowest BCUT2D eigenvalue weighted by atomic mass is 10.1. The average Bonchev–Trinajstić information content (AvgIpc) is 3.14. The standard InChI is InChI=1S/C22H16Cl2N2O/c1-27-18-7-5-15-10-14(2-4-16(15)11-18)3-9-22-25-13-21(26-22)19-8-6-17(23)12-20(19)24/h2-13H,1H3,(H,25,26)/b9-3+. The third kappa shape index (κ3) is 3.85. The first-order valence-electron chi connectivity index (χ1n) is 8.39. The van der Waals surface area contributed by atoms with Crippen LogP contribution in [0.5, 0.6) is 5.75 Å². The number of rotatable bonds is 4. The number of hydrogen-bond acceptors (Lipinski definition) is 2. The summed E-state index contributed by atoms with van der Waals surface area (Å²) in [5.41, 5.74) is 2.72. The second-order valence-electron chi connectivity index (χ2n) is 6.10. The molecule has 0 saturated carbocycles. The molecule has 0 amide bonds. The Bertz CT molecular complexity index is 1150. The van der Waals surface area contributed by atoms with E-state index in [1.165, 1.54) is 0 Å². The highest BCUT2D eigenvalue weighted by Gasteiger charge is 2.07. The summed E-state index contributed by atoms with van der Waals surface area (Å²) in [4.78, 5) is 7.75.